The van der Waals surface area contributed by atoms with E-state index in [0.29, 0.717) is 25.1 Å². The lowest BCUT2D eigenvalue weighted by Gasteiger charge is -2.33. The molecule has 1 saturated carbocycles. The number of aliphatic hydroxyl groups is 1. The molecule has 0 spiro atoms. The molecule has 0 aromatic heterocycles. The predicted octanol–water partition coefficient (Wildman–Crippen LogP) is -0.0989. The molecule has 0 atom stereocenters. The molecule has 2 fully saturated rings. The van der Waals surface area contributed by atoms with Gasteiger partial charge in [-0.25, -0.2) is 0 Å². The average Bonchev–Trinajstić information content (AvgIpc) is 2.42. The summed E-state index contributed by atoms with van der Waals surface area (Å²) in [4.78, 5) is 16.5. The largest absolute Gasteiger partial charge is 0.396 e. The summed E-state index contributed by atoms with van der Waals surface area (Å²) in [6.45, 7) is 4.90. The molecule has 2 rings (SSSR count). The molecule has 2 aliphatic rings. The van der Waals surface area contributed by atoms with Gasteiger partial charge in [0, 0.05) is 38.8 Å². The Morgan fingerprint density at radius 3 is 2.37 bits per heavy atom. The molecule has 0 aromatic carbocycles. The van der Waals surface area contributed by atoms with Crippen molar-refractivity contribution in [3.8, 4) is 0 Å². The monoisotopic (exact) mass is 269 g/mol. The highest BCUT2D eigenvalue weighted by atomic mass is 16.3. The third-order valence-electron chi connectivity index (χ3n) is 4.43. The van der Waals surface area contributed by atoms with E-state index in [1.807, 2.05) is 0 Å². The van der Waals surface area contributed by atoms with E-state index in [4.69, 9.17) is 5.11 Å². The molecule has 1 aliphatic carbocycles. The van der Waals surface area contributed by atoms with E-state index in [-0.39, 0.29) is 5.91 Å². The lowest BCUT2D eigenvalue weighted by atomic mass is 9.86. The summed E-state index contributed by atoms with van der Waals surface area (Å²) in [5.41, 5.74) is 0. The van der Waals surface area contributed by atoms with Gasteiger partial charge < -0.3 is 15.3 Å². The minimum atomic E-state index is 0.164. The highest BCUT2D eigenvalue weighted by Gasteiger charge is 2.23. The maximum atomic E-state index is 12.0. The van der Waals surface area contributed by atoms with Crippen molar-refractivity contribution >= 4 is 5.91 Å². The molecule has 1 heterocycles. The molecule has 0 unspecified atom stereocenters. The van der Waals surface area contributed by atoms with Gasteiger partial charge in [0.2, 0.25) is 5.91 Å². The summed E-state index contributed by atoms with van der Waals surface area (Å²) >= 11 is 0. The number of nitrogens with one attached hydrogen (secondary N) is 1. The first kappa shape index (κ1) is 14.8. The van der Waals surface area contributed by atoms with Crippen LogP contribution in [0.4, 0.5) is 0 Å². The number of hydrogen-bond acceptors (Lipinski definition) is 4. The fourth-order valence-corrected chi connectivity index (χ4v) is 2.97. The van der Waals surface area contributed by atoms with E-state index in [0.717, 1.165) is 51.9 Å². The smallest absolute Gasteiger partial charge is 0.234 e. The molecular weight excluding hydrogens is 242 g/mol. The second-order valence-electron chi connectivity index (χ2n) is 6.05. The van der Waals surface area contributed by atoms with Gasteiger partial charge in [-0.3, -0.25) is 9.69 Å². The number of likely N-dealkylation sites (N-methyl/N-ethyl adjacent to an activating group) is 1. The fraction of sp³-hybridized carbons (Fsp3) is 0.929. The summed E-state index contributed by atoms with van der Waals surface area (Å²) < 4.78 is 0. The second-order valence-corrected chi connectivity index (χ2v) is 6.05. The maximum Gasteiger partial charge on any atom is 0.234 e. The zero-order valence-electron chi connectivity index (χ0n) is 12.0. The number of amides is 1. The van der Waals surface area contributed by atoms with Crippen LogP contribution in [0.5, 0.6) is 0 Å². The summed E-state index contributed by atoms with van der Waals surface area (Å²) in [6.07, 6.45) is 4.10. The molecule has 1 saturated heterocycles. The van der Waals surface area contributed by atoms with Crippen LogP contribution in [-0.4, -0.2) is 73.2 Å². The highest BCUT2D eigenvalue weighted by Crippen LogP contribution is 2.23. The topological polar surface area (TPSA) is 55.8 Å². The molecule has 1 aliphatic heterocycles. The Kier molecular flexibility index (Phi) is 5.60. The molecule has 5 nitrogen and oxygen atoms in total. The number of carbonyl (C=O) groups excluding carboxylic acids is 1. The van der Waals surface area contributed by atoms with Crippen LogP contribution in [0.25, 0.3) is 0 Å². The molecule has 0 bridgehead atoms. The first-order valence-electron chi connectivity index (χ1n) is 7.48. The highest BCUT2D eigenvalue weighted by molar-refractivity contribution is 5.78. The summed E-state index contributed by atoms with van der Waals surface area (Å²) in [6, 6.07) is 0.322. The van der Waals surface area contributed by atoms with Crippen LogP contribution in [0.3, 0.4) is 0 Å². The Morgan fingerprint density at radius 2 is 1.79 bits per heavy atom. The molecule has 0 radical (unpaired) electrons. The van der Waals surface area contributed by atoms with E-state index in [1.165, 1.54) is 0 Å². The third kappa shape index (κ3) is 4.75. The minimum Gasteiger partial charge on any atom is -0.396 e. The van der Waals surface area contributed by atoms with Crippen molar-refractivity contribution in [1.82, 2.24) is 15.1 Å². The standard InChI is InChI=1S/C14H27N3O2/c1-16-6-8-17(9-7-16)10-14(19)15-13-4-2-12(11-18)3-5-13/h12-13,18H,2-11H2,1H3,(H,15,19)/t12-,13+. The van der Waals surface area contributed by atoms with Crippen molar-refractivity contribution in [2.45, 2.75) is 31.7 Å². The van der Waals surface area contributed by atoms with Crippen LogP contribution >= 0.6 is 0 Å². The van der Waals surface area contributed by atoms with Crippen molar-refractivity contribution in [2.24, 2.45) is 5.92 Å². The van der Waals surface area contributed by atoms with Gasteiger partial charge in [0.05, 0.1) is 6.54 Å². The number of nitrogens with zero attached hydrogens (tertiary/aromatic N) is 2. The summed E-state index contributed by atoms with van der Waals surface area (Å²) in [5.74, 6) is 0.614. The lowest BCUT2D eigenvalue weighted by molar-refractivity contribution is -0.123. The Labute approximate surface area is 115 Å². The van der Waals surface area contributed by atoms with Crippen LogP contribution in [0.2, 0.25) is 0 Å². The average molecular weight is 269 g/mol. The van der Waals surface area contributed by atoms with Crippen molar-refractivity contribution in [2.75, 3.05) is 46.4 Å². The lowest BCUT2D eigenvalue weighted by Crippen LogP contribution is -2.49. The Bertz CT molecular complexity index is 282. The number of carbonyl (C=O) groups is 1. The van der Waals surface area contributed by atoms with Crippen molar-refractivity contribution < 1.29 is 9.90 Å². The van der Waals surface area contributed by atoms with Crippen molar-refractivity contribution in [3.63, 3.8) is 0 Å². The predicted molar refractivity (Wildman–Crippen MR) is 74.9 cm³/mol. The molecule has 1 amide bonds. The first-order valence-corrected chi connectivity index (χ1v) is 7.48. The van der Waals surface area contributed by atoms with Crippen molar-refractivity contribution in [3.05, 3.63) is 0 Å². The van der Waals surface area contributed by atoms with E-state index < -0.39 is 0 Å². The number of aliphatic hydroxyl groups excluding tert-OH is 1. The zero-order chi connectivity index (χ0) is 13.7. The van der Waals surface area contributed by atoms with Crippen LogP contribution in [0, 0.1) is 5.92 Å². The van der Waals surface area contributed by atoms with E-state index in [1.54, 1.807) is 0 Å². The molecule has 19 heavy (non-hydrogen) atoms. The molecule has 0 aromatic rings. The van der Waals surface area contributed by atoms with Gasteiger partial charge in [-0.1, -0.05) is 0 Å². The third-order valence-corrected chi connectivity index (χ3v) is 4.43. The number of piperazine rings is 1. The zero-order valence-corrected chi connectivity index (χ0v) is 12.0. The van der Waals surface area contributed by atoms with Gasteiger partial charge in [-0.15, -0.1) is 0 Å². The van der Waals surface area contributed by atoms with Gasteiger partial charge in [0.15, 0.2) is 0 Å². The van der Waals surface area contributed by atoms with Gasteiger partial charge in [-0.05, 0) is 38.6 Å². The SMILES string of the molecule is CN1CCN(CC(=O)N[C@H]2CC[C@@H](CO)CC2)CC1. The fourth-order valence-electron chi connectivity index (χ4n) is 2.97. The Hall–Kier alpha value is -0.650. The van der Waals surface area contributed by atoms with E-state index >= 15 is 0 Å². The quantitative estimate of drug-likeness (QED) is 0.748. The van der Waals surface area contributed by atoms with Gasteiger partial charge in [0.1, 0.15) is 0 Å². The van der Waals surface area contributed by atoms with E-state index in [2.05, 4.69) is 22.2 Å². The van der Waals surface area contributed by atoms with E-state index in [9.17, 15) is 4.79 Å². The Balaban J connectivity index is 1.64. The Morgan fingerprint density at radius 1 is 1.16 bits per heavy atom. The molecule has 2 N–H and O–H groups in total. The second kappa shape index (κ2) is 7.22. The van der Waals surface area contributed by atoms with Crippen LogP contribution < -0.4 is 5.32 Å². The van der Waals surface area contributed by atoms with Gasteiger partial charge >= 0.3 is 0 Å². The van der Waals surface area contributed by atoms with Gasteiger partial charge in [0.25, 0.3) is 0 Å². The minimum absolute atomic E-state index is 0.164. The van der Waals surface area contributed by atoms with Gasteiger partial charge in [-0.2, -0.15) is 0 Å². The number of rotatable bonds is 4. The summed E-state index contributed by atoms with van der Waals surface area (Å²) in [7, 11) is 2.12. The first-order chi connectivity index (χ1) is 9.17. The summed E-state index contributed by atoms with van der Waals surface area (Å²) in [5, 5.41) is 12.2. The molecule has 5 heteroatoms. The molecule has 110 valence electrons. The number of hydrogen-bond donors (Lipinski definition) is 2. The van der Waals surface area contributed by atoms with Crippen molar-refractivity contribution in [1.29, 1.82) is 0 Å². The normalized spacial score (nSPS) is 30.2. The van der Waals surface area contributed by atoms with Crippen LogP contribution in [0.15, 0.2) is 0 Å². The van der Waals surface area contributed by atoms with Crippen LogP contribution in [0.1, 0.15) is 25.7 Å². The molecular formula is C14H27N3O2. The van der Waals surface area contributed by atoms with Crippen LogP contribution in [-0.2, 0) is 4.79 Å². The maximum absolute atomic E-state index is 12.0.